The molecule has 198 valence electrons. The van der Waals surface area contributed by atoms with Crippen LogP contribution in [0.3, 0.4) is 0 Å². The van der Waals surface area contributed by atoms with Crippen molar-refractivity contribution >= 4 is 35.1 Å². The van der Waals surface area contributed by atoms with E-state index >= 15 is 0 Å². The maximum atomic E-state index is 13.6. The summed E-state index contributed by atoms with van der Waals surface area (Å²) in [6, 6.07) is 23.3. The largest absolute Gasteiger partial charge is 0.497 e. The number of ether oxygens (including phenoxy) is 2. The maximum Gasteiger partial charge on any atom is 0.338 e. The molecule has 3 amide bonds. The van der Waals surface area contributed by atoms with Crippen molar-refractivity contribution in [1.82, 2.24) is 0 Å². The second kappa shape index (κ2) is 10.0. The summed E-state index contributed by atoms with van der Waals surface area (Å²) in [5, 5.41) is 2.65. The molecule has 5 atom stereocenters. The van der Waals surface area contributed by atoms with Gasteiger partial charge in [0.15, 0.2) is 6.61 Å². The molecule has 8 heteroatoms. The van der Waals surface area contributed by atoms with E-state index in [-0.39, 0.29) is 47.0 Å². The van der Waals surface area contributed by atoms with Crippen LogP contribution < -0.4 is 15.0 Å². The average Bonchev–Trinajstić information content (AvgIpc) is 3.63. The average molecular weight is 525 g/mol. The van der Waals surface area contributed by atoms with Crippen molar-refractivity contribution in [1.29, 1.82) is 0 Å². The van der Waals surface area contributed by atoms with Gasteiger partial charge in [-0.2, -0.15) is 0 Å². The zero-order valence-corrected chi connectivity index (χ0v) is 21.4. The van der Waals surface area contributed by atoms with E-state index in [1.165, 1.54) is 22.6 Å². The Balaban J connectivity index is 1.12. The number of carbonyl (C=O) groups excluding carboxylic acids is 4. The molecule has 1 heterocycles. The van der Waals surface area contributed by atoms with Crippen molar-refractivity contribution in [2.24, 2.45) is 23.7 Å². The Hall–Kier alpha value is -4.46. The Morgan fingerprint density at radius 1 is 0.897 bits per heavy atom. The van der Waals surface area contributed by atoms with Gasteiger partial charge in [0, 0.05) is 5.69 Å². The lowest BCUT2D eigenvalue weighted by Gasteiger charge is -2.28. The standard InChI is InChI=1S/C31H28N2O6/c1-38-23-12-10-21(11-13-23)32-26(34)17-39-31(37)19-8-5-9-22(14-19)33-29(35)27-20-15-24(18-6-3-2-4-7-18)25(16-20)28(27)30(33)36/h2-14,20,24-25,27-28H,15-17H2,1H3,(H,32,34)/t20-,24+,25+,27+,28+/m0/s1. The molecule has 0 spiro atoms. The summed E-state index contributed by atoms with van der Waals surface area (Å²) in [4.78, 5) is 53.3. The number of nitrogens with zero attached hydrogens (tertiary/aromatic N) is 1. The number of imide groups is 1. The van der Waals surface area contributed by atoms with E-state index in [2.05, 4.69) is 17.4 Å². The summed E-state index contributed by atoms with van der Waals surface area (Å²) in [7, 11) is 1.55. The van der Waals surface area contributed by atoms with Crippen LogP contribution in [0.5, 0.6) is 5.75 Å². The molecule has 3 fully saturated rings. The number of carbonyl (C=O) groups is 4. The quantitative estimate of drug-likeness (QED) is 0.363. The van der Waals surface area contributed by atoms with E-state index in [1.807, 2.05) is 18.2 Å². The molecule has 1 aliphatic heterocycles. The molecule has 3 aromatic rings. The molecule has 0 unspecified atom stereocenters. The van der Waals surface area contributed by atoms with E-state index in [0.29, 0.717) is 17.1 Å². The second-order valence-corrected chi connectivity index (χ2v) is 10.4. The van der Waals surface area contributed by atoms with Crippen LogP contribution in [-0.4, -0.2) is 37.4 Å². The summed E-state index contributed by atoms with van der Waals surface area (Å²) < 4.78 is 10.3. The van der Waals surface area contributed by atoms with Gasteiger partial charge in [-0.05, 0) is 78.6 Å². The lowest BCUT2D eigenvalue weighted by Crippen LogP contribution is -2.33. The number of amides is 3. The molecule has 0 aromatic heterocycles. The summed E-state index contributed by atoms with van der Waals surface area (Å²) in [6.45, 7) is -0.481. The third-order valence-corrected chi connectivity index (χ3v) is 8.29. The number of rotatable bonds is 7. The normalized spacial score (nSPS) is 24.9. The van der Waals surface area contributed by atoms with Gasteiger partial charge in [0.25, 0.3) is 5.91 Å². The molecule has 2 bridgehead atoms. The fourth-order valence-electron chi connectivity index (χ4n) is 6.66. The van der Waals surface area contributed by atoms with Gasteiger partial charge in [-0.1, -0.05) is 36.4 Å². The van der Waals surface area contributed by atoms with Crippen LogP contribution in [-0.2, 0) is 19.1 Å². The Labute approximate surface area is 225 Å². The van der Waals surface area contributed by atoms with E-state index in [1.54, 1.807) is 43.5 Å². The zero-order valence-electron chi connectivity index (χ0n) is 21.4. The Bertz CT molecular complexity index is 1440. The first-order chi connectivity index (χ1) is 18.9. The molecule has 0 radical (unpaired) electrons. The van der Waals surface area contributed by atoms with Gasteiger partial charge in [-0.25, -0.2) is 4.79 Å². The molecular weight excluding hydrogens is 496 g/mol. The van der Waals surface area contributed by atoms with Crippen molar-refractivity contribution < 1.29 is 28.7 Å². The Morgan fingerprint density at radius 3 is 2.38 bits per heavy atom. The first-order valence-electron chi connectivity index (χ1n) is 13.1. The van der Waals surface area contributed by atoms with Gasteiger partial charge in [-0.3, -0.25) is 19.3 Å². The van der Waals surface area contributed by atoms with Gasteiger partial charge in [0.05, 0.1) is 30.2 Å². The second-order valence-electron chi connectivity index (χ2n) is 10.4. The van der Waals surface area contributed by atoms with Crippen molar-refractivity contribution in [2.45, 2.75) is 18.8 Å². The monoisotopic (exact) mass is 524 g/mol. The first kappa shape index (κ1) is 24.9. The number of nitrogens with one attached hydrogen (secondary N) is 1. The van der Waals surface area contributed by atoms with Crippen LogP contribution >= 0.6 is 0 Å². The molecule has 1 saturated heterocycles. The van der Waals surface area contributed by atoms with Gasteiger partial charge in [-0.15, -0.1) is 0 Å². The molecular formula is C31H28N2O6. The topological polar surface area (TPSA) is 102 Å². The summed E-state index contributed by atoms with van der Waals surface area (Å²) >= 11 is 0. The smallest absolute Gasteiger partial charge is 0.338 e. The van der Waals surface area contributed by atoms with Crippen molar-refractivity contribution in [3.05, 3.63) is 90.0 Å². The molecule has 39 heavy (non-hydrogen) atoms. The maximum absolute atomic E-state index is 13.6. The third kappa shape index (κ3) is 4.46. The highest BCUT2D eigenvalue weighted by Gasteiger charge is 2.64. The highest BCUT2D eigenvalue weighted by atomic mass is 16.5. The summed E-state index contributed by atoms with van der Waals surface area (Å²) in [5.41, 5.74) is 2.28. The molecule has 3 aliphatic rings. The number of benzene rings is 3. The van der Waals surface area contributed by atoms with E-state index in [0.717, 1.165) is 12.8 Å². The number of hydrogen-bond acceptors (Lipinski definition) is 6. The number of anilines is 2. The van der Waals surface area contributed by atoms with E-state index in [9.17, 15) is 19.2 Å². The minimum absolute atomic E-state index is 0.140. The van der Waals surface area contributed by atoms with Crippen LogP contribution in [0.1, 0.15) is 34.7 Å². The molecule has 3 aromatic carbocycles. The molecule has 8 nitrogen and oxygen atoms in total. The third-order valence-electron chi connectivity index (χ3n) is 8.29. The number of hydrogen-bond donors (Lipinski definition) is 1. The highest BCUT2D eigenvalue weighted by Crippen LogP contribution is 2.61. The van der Waals surface area contributed by atoms with Crippen LogP contribution in [0.2, 0.25) is 0 Å². The SMILES string of the molecule is COc1ccc(NC(=O)COC(=O)c2cccc(N3C(=O)[C@@H]4[C@@H]5C[C@@H]([C@H]4C3=O)[C@@H](c3ccccc3)C5)c2)cc1. The Kier molecular flexibility index (Phi) is 6.38. The Morgan fingerprint density at radius 2 is 1.64 bits per heavy atom. The summed E-state index contributed by atoms with van der Waals surface area (Å²) in [5.74, 6) is -0.975. The number of esters is 1. The summed E-state index contributed by atoms with van der Waals surface area (Å²) in [6.07, 6.45) is 1.80. The highest BCUT2D eigenvalue weighted by molar-refractivity contribution is 6.23. The molecule has 2 saturated carbocycles. The van der Waals surface area contributed by atoms with Crippen LogP contribution in [0.4, 0.5) is 11.4 Å². The van der Waals surface area contributed by atoms with Gasteiger partial charge in [0.2, 0.25) is 11.8 Å². The number of fused-ring (bicyclic) bond motifs is 5. The van der Waals surface area contributed by atoms with Crippen LogP contribution in [0, 0.1) is 23.7 Å². The predicted molar refractivity (Wildman–Crippen MR) is 143 cm³/mol. The molecule has 1 N–H and O–H groups in total. The minimum atomic E-state index is -0.717. The molecule has 6 rings (SSSR count). The lowest BCUT2D eigenvalue weighted by atomic mass is 9.73. The van der Waals surface area contributed by atoms with Gasteiger partial charge < -0.3 is 14.8 Å². The minimum Gasteiger partial charge on any atom is -0.497 e. The zero-order chi connectivity index (χ0) is 27.1. The lowest BCUT2D eigenvalue weighted by molar-refractivity contribution is -0.123. The fraction of sp³-hybridized carbons (Fsp3) is 0.290. The van der Waals surface area contributed by atoms with Crippen molar-refractivity contribution in [3.8, 4) is 5.75 Å². The van der Waals surface area contributed by atoms with E-state index < -0.39 is 18.5 Å². The van der Waals surface area contributed by atoms with Gasteiger partial charge >= 0.3 is 5.97 Å². The first-order valence-corrected chi connectivity index (χ1v) is 13.1. The molecule has 2 aliphatic carbocycles. The van der Waals surface area contributed by atoms with Crippen LogP contribution in [0.15, 0.2) is 78.9 Å². The van der Waals surface area contributed by atoms with Crippen molar-refractivity contribution in [3.63, 3.8) is 0 Å². The van der Waals surface area contributed by atoms with E-state index in [4.69, 9.17) is 9.47 Å². The number of methoxy groups -OCH3 is 1. The predicted octanol–water partition coefficient (Wildman–Crippen LogP) is 4.42. The van der Waals surface area contributed by atoms with Crippen molar-refractivity contribution in [2.75, 3.05) is 23.9 Å². The fourth-order valence-corrected chi connectivity index (χ4v) is 6.66. The van der Waals surface area contributed by atoms with Crippen LogP contribution in [0.25, 0.3) is 0 Å². The van der Waals surface area contributed by atoms with Gasteiger partial charge in [0.1, 0.15) is 5.75 Å².